The number of rotatable bonds is 3. The van der Waals surface area contributed by atoms with Gasteiger partial charge < -0.3 is 14.5 Å². The van der Waals surface area contributed by atoms with Crippen molar-refractivity contribution in [1.82, 2.24) is 4.90 Å². The summed E-state index contributed by atoms with van der Waals surface area (Å²) in [6.07, 6.45) is 3.49. The van der Waals surface area contributed by atoms with E-state index in [2.05, 4.69) is 7.05 Å². The van der Waals surface area contributed by atoms with E-state index in [-0.39, 0.29) is 5.91 Å². The second-order valence-electron chi connectivity index (χ2n) is 4.89. The minimum absolute atomic E-state index is 0.0929. The summed E-state index contributed by atoms with van der Waals surface area (Å²) < 4.78 is 5.16. The maximum absolute atomic E-state index is 12.0. The second kappa shape index (κ2) is 6.38. The molecule has 4 nitrogen and oxygen atoms in total. The van der Waals surface area contributed by atoms with E-state index in [9.17, 15) is 4.79 Å². The van der Waals surface area contributed by atoms with Crippen LogP contribution in [0.3, 0.4) is 0 Å². The van der Waals surface area contributed by atoms with E-state index in [1.54, 1.807) is 13.2 Å². The van der Waals surface area contributed by atoms with Crippen LogP contribution in [0, 0.1) is 0 Å². The molecule has 0 saturated carbocycles. The zero-order chi connectivity index (χ0) is 13.7. The molecule has 2 rings (SSSR count). The van der Waals surface area contributed by atoms with Gasteiger partial charge in [0.25, 0.3) is 0 Å². The lowest BCUT2D eigenvalue weighted by atomic mass is 10.2. The first-order valence-electron chi connectivity index (χ1n) is 6.61. The molecule has 1 saturated heterocycles. The maximum atomic E-state index is 12.0. The molecule has 1 fully saturated rings. The highest BCUT2D eigenvalue weighted by Gasteiger charge is 2.19. The number of amides is 1. The van der Waals surface area contributed by atoms with Crippen molar-refractivity contribution in [2.45, 2.75) is 0 Å². The summed E-state index contributed by atoms with van der Waals surface area (Å²) in [6.45, 7) is 3.73. The Bertz CT molecular complexity index is 463. The third kappa shape index (κ3) is 3.83. The van der Waals surface area contributed by atoms with Gasteiger partial charge in [-0.15, -0.1) is 0 Å². The standard InChI is InChI=1S/C15H20N2O2/c1-16-8-10-17(11-9-16)15(18)7-6-13-4-3-5-14(12-13)19-2/h3-7,12H,8-11H2,1-2H3/p+1/b7-6+. The Morgan fingerprint density at radius 2 is 2.11 bits per heavy atom. The molecule has 0 unspecified atom stereocenters. The van der Waals surface area contributed by atoms with Gasteiger partial charge in [0.15, 0.2) is 0 Å². The summed E-state index contributed by atoms with van der Waals surface area (Å²) in [5.41, 5.74) is 0.979. The summed E-state index contributed by atoms with van der Waals surface area (Å²) in [7, 11) is 3.80. The van der Waals surface area contributed by atoms with Crippen LogP contribution in [-0.2, 0) is 4.79 Å². The third-order valence-corrected chi connectivity index (χ3v) is 3.44. The molecule has 0 atom stereocenters. The lowest BCUT2D eigenvalue weighted by molar-refractivity contribution is -0.883. The van der Waals surface area contributed by atoms with Crippen LogP contribution in [0.15, 0.2) is 30.3 Å². The second-order valence-corrected chi connectivity index (χ2v) is 4.89. The molecule has 1 aromatic rings. The summed E-state index contributed by atoms with van der Waals surface area (Å²) in [5.74, 6) is 0.896. The summed E-state index contributed by atoms with van der Waals surface area (Å²) >= 11 is 0. The van der Waals surface area contributed by atoms with Gasteiger partial charge in [-0.3, -0.25) is 4.79 Å². The Morgan fingerprint density at radius 1 is 1.37 bits per heavy atom. The van der Waals surface area contributed by atoms with Gasteiger partial charge in [0, 0.05) is 6.08 Å². The third-order valence-electron chi connectivity index (χ3n) is 3.44. The van der Waals surface area contributed by atoms with Gasteiger partial charge in [-0.25, -0.2) is 0 Å². The number of ether oxygens (including phenoxy) is 1. The fourth-order valence-electron chi connectivity index (χ4n) is 2.13. The van der Waals surface area contributed by atoms with Crippen molar-refractivity contribution in [3.63, 3.8) is 0 Å². The Labute approximate surface area is 114 Å². The number of benzene rings is 1. The highest BCUT2D eigenvalue weighted by Crippen LogP contribution is 2.13. The molecule has 1 amide bonds. The number of methoxy groups -OCH3 is 1. The van der Waals surface area contributed by atoms with E-state index in [0.29, 0.717) is 0 Å². The Balaban J connectivity index is 1.95. The smallest absolute Gasteiger partial charge is 0.246 e. The predicted octanol–water partition coefficient (Wildman–Crippen LogP) is 0.0653. The lowest BCUT2D eigenvalue weighted by Gasteiger charge is -2.29. The highest BCUT2D eigenvalue weighted by molar-refractivity contribution is 5.91. The number of piperazine rings is 1. The minimum Gasteiger partial charge on any atom is -0.497 e. The first-order valence-corrected chi connectivity index (χ1v) is 6.61. The van der Waals surface area contributed by atoms with Crippen LogP contribution in [0.5, 0.6) is 5.75 Å². The van der Waals surface area contributed by atoms with Gasteiger partial charge >= 0.3 is 0 Å². The van der Waals surface area contributed by atoms with Crippen LogP contribution in [0.2, 0.25) is 0 Å². The van der Waals surface area contributed by atoms with Crippen molar-refractivity contribution in [1.29, 1.82) is 0 Å². The zero-order valence-electron chi connectivity index (χ0n) is 11.6. The molecule has 0 spiro atoms. The van der Waals surface area contributed by atoms with E-state index >= 15 is 0 Å². The SMILES string of the molecule is COc1cccc(/C=C/C(=O)N2CC[NH+](C)CC2)c1. The van der Waals surface area contributed by atoms with Gasteiger partial charge in [0.1, 0.15) is 5.75 Å². The first-order chi connectivity index (χ1) is 9.19. The molecular weight excluding hydrogens is 240 g/mol. The molecule has 1 aliphatic rings. The lowest BCUT2D eigenvalue weighted by Crippen LogP contribution is -3.12. The molecule has 102 valence electrons. The maximum Gasteiger partial charge on any atom is 0.246 e. The van der Waals surface area contributed by atoms with Gasteiger partial charge in [-0.05, 0) is 23.8 Å². The van der Waals surface area contributed by atoms with E-state index in [0.717, 1.165) is 37.5 Å². The minimum atomic E-state index is 0.0929. The van der Waals surface area contributed by atoms with Gasteiger partial charge in [-0.1, -0.05) is 12.1 Å². The number of nitrogens with zero attached hydrogens (tertiary/aromatic N) is 1. The Hall–Kier alpha value is -1.81. The van der Waals surface area contributed by atoms with Crippen molar-refractivity contribution >= 4 is 12.0 Å². The van der Waals surface area contributed by atoms with Crippen LogP contribution < -0.4 is 9.64 Å². The number of carbonyl (C=O) groups is 1. The molecule has 4 heteroatoms. The van der Waals surface area contributed by atoms with Crippen LogP contribution in [0.1, 0.15) is 5.56 Å². The summed E-state index contributed by atoms with van der Waals surface area (Å²) in [4.78, 5) is 15.4. The van der Waals surface area contributed by atoms with E-state index in [1.165, 1.54) is 4.90 Å². The van der Waals surface area contributed by atoms with Crippen molar-refractivity contribution < 1.29 is 14.4 Å². The number of hydrogen-bond donors (Lipinski definition) is 1. The predicted molar refractivity (Wildman–Crippen MR) is 75.2 cm³/mol. The fraction of sp³-hybridized carbons (Fsp3) is 0.400. The molecule has 0 bridgehead atoms. The molecule has 1 aliphatic heterocycles. The fourth-order valence-corrected chi connectivity index (χ4v) is 2.13. The average Bonchev–Trinajstić information content (AvgIpc) is 2.46. The number of likely N-dealkylation sites (N-methyl/N-ethyl adjacent to an activating group) is 1. The van der Waals surface area contributed by atoms with Crippen LogP contribution in [0.4, 0.5) is 0 Å². The van der Waals surface area contributed by atoms with Crippen LogP contribution in [-0.4, -0.2) is 51.1 Å². The molecular formula is C15H21N2O2+. The molecule has 1 aromatic carbocycles. The first kappa shape index (κ1) is 13.6. The van der Waals surface area contributed by atoms with Crippen LogP contribution in [0.25, 0.3) is 6.08 Å². The Morgan fingerprint density at radius 3 is 2.79 bits per heavy atom. The van der Waals surface area contributed by atoms with E-state index < -0.39 is 0 Å². The number of nitrogens with one attached hydrogen (secondary N) is 1. The largest absolute Gasteiger partial charge is 0.497 e. The van der Waals surface area contributed by atoms with Gasteiger partial charge in [-0.2, -0.15) is 0 Å². The van der Waals surface area contributed by atoms with Crippen molar-refractivity contribution in [3.05, 3.63) is 35.9 Å². The van der Waals surface area contributed by atoms with Crippen molar-refractivity contribution in [2.24, 2.45) is 0 Å². The summed E-state index contributed by atoms with van der Waals surface area (Å²) in [5, 5.41) is 0. The molecule has 0 radical (unpaired) electrons. The quantitative estimate of drug-likeness (QED) is 0.781. The number of quaternary nitrogens is 1. The molecule has 0 aliphatic carbocycles. The normalized spacial score (nSPS) is 16.8. The zero-order valence-corrected chi connectivity index (χ0v) is 11.6. The monoisotopic (exact) mass is 261 g/mol. The molecule has 0 aromatic heterocycles. The van der Waals surface area contributed by atoms with Gasteiger partial charge in [0.05, 0.1) is 40.3 Å². The highest BCUT2D eigenvalue weighted by atomic mass is 16.5. The number of carbonyl (C=O) groups excluding carboxylic acids is 1. The molecule has 19 heavy (non-hydrogen) atoms. The summed E-state index contributed by atoms with van der Waals surface area (Å²) in [6, 6.07) is 7.68. The molecule has 1 N–H and O–H groups in total. The van der Waals surface area contributed by atoms with Gasteiger partial charge in [0.2, 0.25) is 5.91 Å². The topological polar surface area (TPSA) is 34.0 Å². The van der Waals surface area contributed by atoms with E-state index in [4.69, 9.17) is 4.74 Å². The molecule has 1 heterocycles. The number of hydrogen-bond acceptors (Lipinski definition) is 2. The average molecular weight is 261 g/mol. The van der Waals surface area contributed by atoms with E-state index in [1.807, 2.05) is 35.2 Å². The Kier molecular flexibility index (Phi) is 4.58. The van der Waals surface area contributed by atoms with Crippen molar-refractivity contribution in [2.75, 3.05) is 40.3 Å². The van der Waals surface area contributed by atoms with Crippen molar-refractivity contribution in [3.8, 4) is 5.75 Å². The van der Waals surface area contributed by atoms with Crippen LogP contribution >= 0.6 is 0 Å².